The van der Waals surface area contributed by atoms with Gasteiger partial charge in [-0.2, -0.15) is 0 Å². The second kappa shape index (κ2) is 15.5. The van der Waals surface area contributed by atoms with Gasteiger partial charge in [-0.05, 0) is 71.3 Å². The zero-order valence-corrected chi connectivity index (χ0v) is 27.2. The number of hydrogen-bond acceptors (Lipinski definition) is 4. The molecule has 1 amide bonds. The van der Waals surface area contributed by atoms with Crippen molar-refractivity contribution in [3.8, 4) is 28.1 Å². The molecular weight excluding hydrogens is 560 g/mol. The highest BCUT2D eigenvalue weighted by molar-refractivity contribution is 5.96. The van der Waals surface area contributed by atoms with Gasteiger partial charge in [-0.1, -0.05) is 102 Å². The Morgan fingerprint density at radius 3 is 2.11 bits per heavy atom. The molecule has 1 atom stereocenters. The van der Waals surface area contributed by atoms with Gasteiger partial charge in [0.1, 0.15) is 11.8 Å². The second-order valence-corrected chi connectivity index (χ2v) is 12.8. The van der Waals surface area contributed by atoms with E-state index >= 15 is 0 Å². The molecule has 236 valence electrons. The molecule has 4 rings (SSSR count). The van der Waals surface area contributed by atoms with Crippen molar-refractivity contribution in [1.82, 2.24) is 10.3 Å². The predicted molar refractivity (Wildman–Crippen MR) is 182 cm³/mol. The number of nitrogens with one attached hydrogen (secondary N) is 1. The van der Waals surface area contributed by atoms with Gasteiger partial charge in [0.2, 0.25) is 0 Å². The van der Waals surface area contributed by atoms with Gasteiger partial charge in [0.15, 0.2) is 0 Å². The maximum absolute atomic E-state index is 12.8. The number of amides is 1. The van der Waals surface area contributed by atoms with Crippen LogP contribution < -0.4 is 10.1 Å². The maximum atomic E-state index is 12.8. The van der Waals surface area contributed by atoms with Gasteiger partial charge in [-0.25, -0.2) is 4.79 Å². The summed E-state index contributed by atoms with van der Waals surface area (Å²) in [5, 5.41) is 12.5. The van der Waals surface area contributed by atoms with Crippen LogP contribution in [0.5, 0.6) is 5.75 Å². The van der Waals surface area contributed by atoms with E-state index in [1.54, 1.807) is 12.1 Å². The van der Waals surface area contributed by atoms with Crippen molar-refractivity contribution in [2.75, 3.05) is 6.61 Å². The summed E-state index contributed by atoms with van der Waals surface area (Å²) in [4.78, 5) is 29.6. The number of nitrogens with zero attached hydrogens (tertiary/aromatic N) is 1. The Morgan fingerprint density at radius 1 is 0.867 bits per heavy atom. The first-order valence-corrected chi connectivity index (χ1v) is 16.0. The Balaban J connectivity index is 1.36. The molecule has 0 saturated heterocycles. The number of aryl methyl sites for hydroxylation is 1. The van der Waals surface area contributed by atoms with Crippen LogP contribution in [0, 0.1) is 6.92 Å². The van der Waals surface area contributed by atoms with E-state index in [0.29, 0.717) is 5.56 Å². The van der Waals surface area contributed by atoms with Gasteiger partial charge in [0, 0.05) is 29.3 Å². The number of carbonyl (C=O) groups excluding carboxylic acids is 1. The van der Waals surface area contributed by atoms with Crippen LogP contribution in [0.25, 0.3) is 22.4 Å². The third-order valence-corrected chi connectivity index (χ3v) is 8.10. The Morgan fingerprint density at radius 2 is 1.51 bits per heavy atom. The van der Waals surface area contributed by atoms with E-state index in [2.05, 4.69) is 58.1 Å². The lowest BCUT2D eigenvalue weighted by atomic mass is 9.86. The van der Waals surface area contributed by atoms with E-state index in [9.17, 15) is 14.7 Å². The molecule has 0 saturated carbocycles. The fraction of sp³-hybridized carbons (Fsp3) is 0.359. The van der Waals surface area contributed by atoms with E-state index in [1.165, 1.54) is 25.7 Å². The highest BCUT2D eigenvalue weighted by Gasteiger charge is 2.22. The van der Waals surface area contributed by atoms with E-state index in [-0.39, 0.29) is 11.8 Å². The standard InChI is InChI=1S/C39H46N2O4/c1-6-7-8-9-10-23-45-33-21-17-29(18-22-33)34-26-40-35(24-27(34)2)30-13-11-28(12-14-30)25-36(38(43)44)41-37(42)31-15-19-32(20-16-31)39(3,4)5/h11-22,24,26,36H,6-10,23,25H2,1-5H3,(H,41,42)(H,43,44). The molecule has 0 bridgehead atoms. The normalized spacial score (nSPS) is 12.0. The summed E-state index contributed by atoms with van der Waals surface area (Å²) in [6, 6.07) is 24.2. The molecule has 3 aromatic carbocycles. The molecule has 0 aliphatic heterocycles. The Kier molecular flexibility index (Phi) is 11.5. The first kappa shape index (κ1) is 33.4. The number of aliphatic carboxylic acids is 1. The van der Waals surface area contributed by atoms with Gasteiger partial charge >= 0.3 is 5.97 Å². The lowest BCUT2D eigenvalue weighted by Gasteiger charge is -2.19. The van der Waals surface area contributed by atoms with E-state index in [1.807, 2.05) is 54.7 Å². The first-order valence-electron chi connectivity index (χ1n) is 16.0. The molecule has 0 spiro atoms. The minimum Gasteiger partial charge on any atom is -0.494 e. The van der Waals surface area contributed by atoms with Crippen molar-refractivity contribution in [3.63, 3.8) is 0 Å². The zero-order chi connectivity index (χ0) is 32.4. The topological polar surface area (TPSA) is 88.5 Å². The molecule has 6 nitrogen and oxygen atoms in total. The van der Waals surface area contributed by atoms with Crippen molar-refractivity contribution >= 4 is 11.9 Å². The van der Waals surface area contributed by atoms with E-state index in [0.717, 1.165) is 57.9 Å². The Labute approximate surface area is 267 Å². The molecule has 6 heteroatoms. The summed E-state index contributed by atoms with van der Waals surface area (Å²) in [5.74, 6) is -0.594. The number of aromatic nitrogens is 1. The molecule has 1 unspecified atom stereocenters. The van der Waals surface area contributed by atoms with Crippen molar-refractivity contribution in [2.45, 2.75) is 84.6 Å². The number of hydrogen-bond donors (Lipinski definition) is 2. The van der Waals surface area contributed by atoms with Crippen molar-refractivity contribution < 1.29 is 19.4 Å². The Bertz CT molecular complexity index is 1550. The average molecular weight is 607 g/mol. The molecule has 1 aromatic heterocycles. The van der Waals surface area contributed by atoms with Gasteiger partial charge in [-0.15, -0.1) is 0 Å². The summed E-state index contributed by atoms with van der Waals surface area (Å²) in [6.07, 6.45) is 8.16. The molecule has 45 heavy (non-hydrogen) atoms. The largest absolute Gasteiger partial charge is 0.494 e. The number of carbonyl (C=O) groups is 2. The predicted octanol–water partition coefficient (Wildman–Crippen LogP) is 8.80. The molecule has 2 N–H and O–H groups in total. The van der Waals surface area contributed by atoms with Crippen molar-refractivity contribution in [1.29, 1.82) is 0 Å². The summed E-state index contributed by atoms with van der Waals surface area (Å²) < 4.78 is 5.92. The van der Waals surface area contributed by atoms with Gasteiger partial charge in [-0.3, -0.25) is 9.78 Å². The lowest BCUT2D eigenvalue weighted by Crippen LogP contribution is -2.42. The van der Waals surface area contributed by atoms with Gasteiger partial charge in [0.05, 0.1) is 12.3 Å². The minimum absolute atomic E-state index is 0.0320. The monoisotopic (exact) mass is 606 g/mol. The zero-order valence-electron chi connectivity index (χ0n) is 27.2. The highest BCUT2D eigenvalue weighted by atomic mass is 16.5. The van der Waals surface area contributed by atoms with Crippen LogP contribution in [-0.2, 0) is 16.6 Å². The fourth-order valence-electron chi connectivity index (χ4n) is 5.25. The van der Waals surface area contributed by atoms with E-state index < -0.39 is 17.9 Å². The third kappa shape index (κ3) is 9.52. The van der Waals surface area contributed by atoms with Gasteiger partial charge < -0.3 is 15.2 Å². The summed E-state index contributed by atoms with van der Waals surface area (Å²) in [6.45, 7) is 11.4. The number of rotatable bonds is 14. The molecule has 0 aliphatic rings. The van der Waals surface area contributed by atoms with Crippen LogP contribution in [-0.4, -0.2) is 34.6 Å². The number of carboxylic acid groups (broad SMARTS) is 1. The van der Waals surface area contributed by atoms with Crippen LogP contribution >= 0.6 is 0 Å². The molecule has 0 radical (unpaired) electrons. The molecule has 0 fully saturated rings. The molecule has 1 heterocycles. The molecular formula is C39H46N2O4. The molecule has 0 aliphatic carbocycles. The second-order valence-electron chi connectivity index (χ2n) is 12.8. The number of unbranched alkanes of at least 4 members (excludes halogenated alkanes) is 4. The average Bonchev–Trinajstić information content (AvgIpc) is 3.02. The third-order valence-electron chi connectivity index (χ3n) is 8.10. The van der Waals surface area contributed by atoms with Crippen LogP contribution in [0.1, 0.15) is 86.8 Å². The van der Waals surface area contributed by atoms with Gasteiger partial charge in [0.25, 0.3) is 5.91 Å². The number of pyridine rings is 1. The molecule has 4 aromatic rings. The Hall–Kier alpha value is -4.45. The number of carboxylic acids is 1. The highest BCUT2D eigenvalue weighted by Crippen LogP contribution is 2.28. The first-order chi connectivity index (χ1) is 21.5. The lowest BCUT2D eigenvalue weighted by molar-refractivity contribution is -0.139. The maximum Gasteiger partial charge on any atom is 0.326 e. The van der Waals surface area contributed by atoms with Crippen molar-refractivity contribution in [3.05, 3.63) is 107 Å². The SMILES string of the molecule is CCCCCCCOc1ccc(-c2cnc(-c3ccc(CC(NC(=O)c4ccc(C(C)(C)C)cc4)C(=O)O)cc3)cc2C)cc1. The van der Waals surface area contributed by atoms with E-state index in [4.69, 9.17) is 9.72 Å². The smallest absolute Gasteiger partial charge is 0.326 e. The van der Waals surface area contributed by atoms with Crippen LogP contribution in [0.15, 0.2) is 85.1 Å². The number of ether oxygens (including phenoxy) is 1. The summed E-state index contributed by atoms with van der Waals surface area (Å²) >= 11 is 0. The number of benzene rings is 3. The minimum atomic E-state index is -1.08. The quantitative estimate of drug-likeness (QED) is 0.140. The van der Waals surface area contributed by atoms with Crippen molar-refractivity contribution in [2.24, 2.45) is 0 Å². The van der Waals surface area contributed by atoms with Crippen LogP contribution in [0.3, 0.4) is 0 Å². The fourth-order valence-corrected chi connectivity index (χ4v) is 5.25. The van der Waals surface area contributed by atoms with Crippen LogP contribution in [0.2, 0.25) is 0 Å². The summed E-state index contributed by atoms with van der Waals surface area (Å²) in [5.41, 5.74) is 7.36. The van der Waals surface area contributed by atoms with Crippen LogP contribution in [0.4, 0.5) is 0 Å². The summed E-state index contributed by atoms with van der Waals surface area (Å²) in [7, 11) is 0.